The van der Waals surface area contributed by atoms with Crippen LogP contribution >= 0.6 is 12.4 Å². The molecule has 0 bridgehead atoms. The molecule has 0 aromatic rings. The van der Waals surface area contributed by atoms with Crippen LogP contribution in [0.2, 0.25) is 0 Å². The summed E-state index contributed by atoms with van der Waals surface area (Å²) in [7, 11) is 3.94. The topological polar surface area (TPSA) is 39.5 Å². The second-order valence-corrected chi connectivity index (χ2v) is 3.09. The maximum atomic E-state index is 6.79. The molecule has 1 unspecified atom stereocenters. The molecule has 0 saturated carbocycles. The van der Waals surface area contributed by atoms with E-state index < -0.39 is 0 Å². The fourth-order valence-electron chi connectivity index (χ4n) is 0.974. The summed E-state index contributed by atoms with van der Waals surface area (Å²) in [4.78, 5) is 6.00. The fourth-order valence-corrected chi connectivity index (χ4v) is 0.974. The van der Waals surface area contributed by atoms with Crippen LogP contribution in [0, 0.1) is 5.41 Å². The fraction of sp³-hybridized carbons (Fsp3) is 0.875. The Kier molecular flexibility index (Phi) is 7.30. The minimum absolute atomic E-state index is 0. The third kappa shape index (κ3) is 3.86. The van der Waals surface area contributed by atoms with Gasteiger partial charge in [0, 0.05) is 0 Å². The van der Waals surface area contributed by atoms with E-state index in [1.165, 1.54) is 0 Å². The highest BCUT2D eigenvalue weighted by Crippen LogP contribution is 2.18. The third-order valence-electron chi connectivity index (χ3n) is 1.98. The van der Waals surface area contributed by atoms with Crippen molar-refractivity contribution in [1.29, 1.82) is 5.41 Å². The number of aliphatic imine (C=N–C) groups is 1. The van der Waals surface area contributed by atoms with Crippen LogP contribution in [0.4, 0.5) is 0 Å². The monoisotopic (exact) mass is 191 g/mol. The van der Waals surface area contributed by atoms with E-state index in [0.29, 0.717) is 0 Å². The van der Waals surface area contributed by atoms with Gasteiger partial charge in [-0.2, -0.15) is 0 Å². The first-order valence-electron chi connectivity index (χ1n) is 3.88. The molecule has 3 nitrogen and oxygen atoms in total. The van der Waals surface area contributed by atoms with Crippen molar-refractivity contribution in [3.8, 4) is 0 Å². The Bertz CT molecular complexity index is 164. The van der Waals surface area contributed by atoms with Crippen LogP contribution in [0.3, 0.4) is 0 Å². The van der Waals surface area contributed by atoms with Gasteiger partial charge in [-0.15, -0.1) is 12.4 Å². The van der Waals surface area contributed by atoms with Crippen molar-refractivity contribution in [2.24, 2.45) is 4.99 Å². The van der Waals surface area contributed by atoms with E-state index in [9.17, 15) is 0 Å². The van der Waals surface area contributed by atoms with Gasteiger partial charge in [0.15, 0.2) is 0 Å². The van der Waals surface area contributed by atoms with Gasteiger partial charge in [0.25, 0.3) is 0 Å². The summed E-state index contributed by atoms with van der Waals surface area (Å²) in [6.07, 6.45) is 2.03. The summed E-state index contributed by atoms with van der Waals surface area (Å²) < 4.78 is 0. The lowest BCUT2D eigenvalue weighted by molar-refractivity contribution is 0.170. The minimum Gasteiger partial charge on any atom is -0.285 e. The number of hydrogen-bond donors (Lipinski definition) is 1. The molecule has 1 atom stereocenters. The van der Waals surface area contributed by atoms with E-state index in [1.54, 1.807) is 0 Å². The zero-order chi connectivity index (χ0) is 8.91. The molecule has 0 spiro atoms. The Hall–Kier alpha value is -0.370. The summed E-state index contributed by atoms with van der Waals surface area (Å²) in [5.41, 5.74) is -0.240. The van der Waals surface area contributed by atoms with Crippen molar-refractivity contribution in [2.45, 2.75) is 32.4 Å². The molecule has 0 radical (unpaired) electrons. The molecule has 4 heteroatoms. The van der Waals surface area contributed by atoms with Gasteiger partial charge < -0.3 is 0 Å². The predicted octanol–water partition coefficient (Wildman–Crippen LogP) is 2.24. The second kappa shape index (κ2) is 6.18. The maximum absolute atomic E-state index is 6.79. The normalized spacial score (nSPS) is 14.4. The Morgan fingerprint density at radius 3 is 2.25 bits per heavy atom. The van der Waals surface area contributed by atoms with E-state index in [0.717, 1.165) is 12.8 Å². The van der Waals surface area contributed by atoms with E-state index >= 15 is 0 Å². The van der Waals surface area contributed by atoms with Crippen molar-refractivity contribution >= 4 is 18.4 Å². The van der Waals surface area contributed by atoms with Crippen LogP contribution in [0.15, 0.2) is 4.99 Å². The van der Waals surface area contributed by atoms with Gasteiger partial charge in [0.2, 0.25) is 0 Å². The van der Waals surface area contributed by atoms with Crippen LogP contribution < -0.4 is 0 Å². The summed E-state index contributed by atoms with van der Waals surface area (Å²) in [5, 5.41) is 6.79. The number of nitrogens with one attached hydrogen (secondary N) is 1. The zero-order valence-electron chi connectivity index (χ0n) is 8.22. The molecular formula is C8H18ClN3. The quantitative estimate of drug-likeness (QED) is 0.681. The molecule has 0 aromatic heterocycles. The summed E-state index contributed by atoms with van der Waals surface area (Å²) >= 11 is 0. The lowest BCUT2D eigenvalue weighted by Gasteiger charge is -2.30. The maximum Gasteiger partial charge on any atom is 0.120 e. The van der Waals surface area contributed by atoms with E-state index in [2.05, 4.69) is 17.9 Å². The van der Waals surface area contributed by atoms with Gasteiger partial charge in [-0.05, 0) is 27.4 Å². The first kappa shape index (κ1) is 14.2. The van der Waals surface area contributed by atoms with Crippen LogP contribution in [-0.4, -0.2) is 30.7 Å². The molecule has 0 saturated heterocycles. The Labute approximate surface area is 80.8 Å². The molecule has 1 N–H and O–H groups in total. The van der Waals surface area contributed by atoms with Crippen LogP contribution in [0.25, 0.3) is 0 Å². The summed E-state index contributed by atoms with van der Waals surface area (Å²) in [6.45, 7) is 4.12. The SMILES string of the molecule is CCCC(C)(N=C=N)N(C)C.Cl. The van der Waals surface area contributed by atoms with Gasteiger partial charge in [0.05, 0.1) is 6.01 Å². The molecule has 12 heavy (non-hydrogen) atoms. The molecule has 0 rings (SSSR count). The first-order chi connectivity index (χ1) is 5.06. The summed E-state index contributed by atoms with van der Waals surface area (Å²) in [5.74, 6) is 0. The molecule has 0 fully saturated rings. The van der Waals surface area contributed by atoms with E-state index in [4.69, 9.17) is 5.41 Å². The van der Waals surface area contributed by atoms with Crippen molar-refractivity contribution < 1.29 is 0 Å². The standard InChI is InChI=1S/C8H17N3.ClH/c1-5-6-8(2,10-7-9)11(3)4;/h9H,5-6H2,1-4H3;1H. The minimum atomic E-state index is -0.240. The Morgan fingerprint density at radius 2 is 2.00 bits per heavy atom. The van der Waals surface area contributed by atoms with E-state index in [-0.39, 0.29) is 18.1 Å². The van der Waals surface area contributed by atoms with Crippen molar-refractivity contribution in [2.75, 3.05) is 14.1 Å². The lowest BCUT2D eigenvalue weighted by Crippen LogP contribution is -2.39. The molecule has 0 aliphatic rings. The van der Waals surface area contributed by atoms with Gasteiger partial charge in [0.1, 0.15) is 5.66 Å². The summed E-state index contributed by atoms with van der Waals surface area (Å²) in [6, 6.07) is 2.11. The van der Waals surface area contributed by atoms with Gasteiger partial charge >= 0.3 is 0 Å². The second-order valence-electron chi connectivity index (χ2n) is 3.09. The molecular weight excluding hydrogens is 174 g/mol. The van der Waals surface area contributed by atoms with Crippen LogP contribution in [0.1, 0.15) is 26.7 Å². The number of nitrogens with zero attached hydrogens (tertiary/aromatic N) is 2. The van der Waals surface area contributed by atoms with Crippen molar-refractivity contribution in [3.05, 3.63) is 0 Å². The highest BCUT2D eigenvalue weighted by molar-refractivity contribution is 5.85. The largest absolute Gasteiger partial charge is 0.285 e. The van der Waals surface area contributed by atoms with Crippen molar-refractivity contribution in [3.63, 3.8) is 0 Å². The molecule has 0 amide bonds. The third-order valence-corrected chi connectivity index (χ3v) is 1.98. The molecule has 0 heterocycles. The van der Waals surface area contributed by atoms with Gasteiger partial charge in [-0.25, -0.2) is 10.4 Å². The number of hydrogen-bond acceptors (Lipinski definition) is 3. The van der Waals surface area contributed by atoms with Gasteiger partial charge in [-0.3, -0.25) is 4.90 Å². The molecule has 0 aromatic carbocycles. The Morgan fingerprint density at radius 1 is 1.50 bits per heavy atom. The lowest BCUT2D eigenvalue weighted by atomic mass is 10.1. The first-order valence-corrected chi connectivity index (χ1v) is 3.88. The average Bonchev–Trinajstić information content (AvgIpc) is 1.88. The predicted molar refractivity (Wildman–Crippen MR) is 54.4 cm³/mol. The number of halogens is 1. The smallest absolute Gasteiger partial charge is 0.120 e. The molecule has 72 valence electrons. The number of rotatable bonds is 4. The highest BCUT2D eigenvalue weighted by atomic mass is 35.5. The van der Waals surface area contributed by atoms with E-state index in [1.807, 2.05) is 25.9 Å². The zero-order valence-corrected chi connectivity index (χ0v) is 9.03. The molecule has 0 aliphatic carbocycles. The highest BCUT2D eigenvalue weighted by Gasteiger charge is 2.23. The van der Waals surface area contributed by atoms with Crippen LogP contribution in [0.5, 0.6) is 0 Å². The molecule has 0 aliphatic heterocycles. The average molecular weight is 192 g/mol. The van der Waals surface area contributed by atoms with Crippen molar-refractivity contribution in [1.82, 2.24) is 4.90 Å². The Balaban J connectivity index is 0. The van der Waals surface area contributed by atoms with Gasteiger partial charge in [-0.1, -0.05) is 13.3 Å². The van der Waals surface area contributed by atoms with Crippen LogP contribution in [-0.2, 0) is 0 Å².